The molecule has 0 bridgehead atoms. The summed E-state index contributed by atoms with van der Waals surface area (Å²) in [6.45, 7) is 0. The smallest absolute Gasteiger partial charge is 0.110 e. The van der Waals surface area contributed by atoms with Crippen molar-refractivity contribution >= 4 is 48.8 Å². The maximum absolute atomic E-state index is 6.10. The molecule has 0 heterocycles. The third-order valence-corrected chi connectivity index (χ3v) is 4.93. The average Bonchev–Trinajstić information content (AvgIpc) is 2.25. The van der Waals surface area contributed by atoms with Gasteiger partial charge in [0.05, 0.1) is 4.83 Å². The number of hydrogen-bond donors (Lipinski definition) is 1. The van der Waals surface area contributed by atoms with Crippen LogP contribution in [0.15, 0.2) is 24.3 Å². The van der Waals surface area contributed by atoms with E-state index in [4.69, 9.17) is 5.73 Å². The molecular weight excluding hydrogens is 362 g/mol. The molecule has 2 rings (SSSR count). The zero-order valence-corrected chi connectivity index (χ0v) is 11.7. The molecule has 13 heavy (non-hydrogen) atoms. The molecule has 1 nitrogen and oxygen atoms in total. The van der Waals surface area contributed by atoms with Crippen LogP contribution in [0.4, 0.5) is 0 Å². The van der Waals surface area contributed by atoms with Crippen LogP contribution in [0.25, 0.3) is 0 Å². The normalized spacial score (nSPS) is 30.8. The molecule has 0 aromatic heterocycles. The van der Waals surface area contributed by atoms with Gasteiger partial charge in [0.2, 0.25) is 0 Å². The van der Waals surface area contributed by atoms with Crippen molar-refractivity contribution in [1.29, 1.82) is 0 Å². The van der Waals surface area contributed by atoms with Crippen LogP contribution >= 0.6 is 48.8 Å². The number of alkyl halides is 2. The quantitative estimate of drug-likeness (QED) is 0.550. The summed E-state index contributed by atoms with van der Waals surface area (Å²) in [4.78, 5) is 0.294. The van der Waals surface area contributed by atoms with Gasteiger partial charge in [0.1, 0.15) is 4.45 Å². The number of hydrogen-bond acceptors (Lipinski definition) is 1. The molecule has 2 atom stereocenters. The molecule has 1 aromatic rings. The van der Waals surface area contributed by atoms with Crippen LogP contribution < -0.4 is 5.73 Å². The van der Waals surface area contributed by atoms with E-state index in [1.165, 1.54) is 11.1 Å². The van der Waals surface area contributed by atoms with Crippen molar-refractivity contribution in [3.63, 3.8) is 0 Å². The van der Waals surface area contributed by atoms with Crippen molar-refractivity contribution in [3.05, 3.63) is 35.4 Å². The number of nitrogens with two attached hydrogens (primary N) is 1. The van der Waals surface area contributed by atoms with E-state index in [2.05, 4.69) is 44.0 Å². The molecule has 2 N–H and O–H groups in total. The first kappa shape index (κ1) is 11.7. The van der Waals surface area contributed by atoms with E-state index in [1.807, 2.05) is 12.1 Å². The third-order valence-electron chi connectivity index (χ3n) is 2.29. The van der Waals surface area contributed by atoms with Crippen molar-refractivity contribution < 1.29 is 0 Å². The highest BCUT2D eigenvalue weighted by molar-refractivity contribution is 9.12. The molecule has 0 spiro atoms. The lowest BCUT2D eigenvalue weighted by molar-refractivity contribution is 0.690. The van der Waals surface area contributed by atoms with Gasteiger partial charge in [0, 0.05) is 0 Å². The molecule has 1 aromatic carbocycles. The summed E-state index contributed by atoms with van der Waals surface area (Å²) >= 11 is 7.11. The Bertz CT molecular complexity index is 311. The Hall–Kier alpha value is 0.620. The molecule has 1 aliphatic rings. The monoisotopic (exact) mass is 369 g/mol. The van der Waals surface area contributed by atoms with Gasteiger partial charge in [-0.25, -0.2) is 0 Å². The van der Waals surface area contributed by atoms with Crippen LogP contribution in [0.5, 0.6) is 0 Å². The second kappa shape index (κ2) is 4.01. The van der Waals surface area contributed by atoms with Crippen LogP contribution in [-0.4, -0.2) is 4.83 Å². The molecule has 0 fully saturated rings. The first-order chi connectivity index (χ1) is 5.62. The maximum Gasteiger partial charge on any atom is 0.110 e. The summed E-state index contributed by atoms with van der Waals surface area (Å²) in [7, 11) is 0. The Morgan fingerprint density at radius 2 is 2.00 bits per heavy atom. The zero-order chi connectivity index (χ0) is 8.77. The van der Waals surface area contributed by atoms with Crippen molar-refractivity contribution in [2.45, 2.75) is 15.7 Å². The van der Waals surface area contributed by atoms with E-state index in [-0.39, 0.29) is 21.4 Å². The second-order valence-electron chi connectivity index (χ2n) is 3.10. The van der Waals surface area contributed by atoms with Gasteiger partial charge >= 0.3 is 0 Å². The molecule has 4 heteroatoms. The van der Waals surface area contributed by atoms with E-state index in [0.717, 1.165) is 6.42 Å². The predicted octanol–water partition coefficient (Wildman–Crippen LogP) is 3.09. The van der Waals surface area contributed by atoms with E-state index >= 15 is 0 Å². The van der Waals surface area contributed by atoms with Gasteiger partial charge in [-0.2, -0.15) is 0 Å². The van der Waals surface area contributed by atoms with Crippen molar-refractivity contribution in [3.8, 4) is 0 Å². The van der Waals surface area contributed by atoms with E-state index in [0.29, 0.717) is 4.83 Å². The Balaban J connectivity index is 0.000000845. The molecule has 0 aliphatic heterocycles. The third kappa shape index (κ3) is 1.87. The van der Waals surface area contributed by atoms with Gasteiger partial charge in [0.15, 0.2) is 0 Å². The fourth-order valence-electron chi connectivity index (χ4n) is 1.58. The Labute approximate surface area is 105 Å². The largest absolute Gasteiger partial charge is 0.312 e. The summed E-state index contributed by atoms with van der Waals surface area (Å²) in [6.07, 6.45) is 0.998. The lowest BCUT2D eigenvalue weighted by Gasteiger charge is -2.20. The fraction of sp³-hybridized carbons (Fsp3) is 0.333. The van der Waals surface area contributed by atoms with Crippen LogP contribution in [0.2, 0.25) is 0 Å². The lowest BCUT2D eigenvalue weighted by Crippen LogP contribution is -2.34. The SMILES string of the molecule is Br.NC1(Br)c2ccccc2CC1Br. The van der Waals surface area contributed by atoms with E-state index in [9.17, 15) is 0 Å². The fourth-order valence-corrected chi connectivity index (χ4v) is 2.73. The highest BCUT2D eigenvalue weighted by atomic mass is 79.9. The number of halogens is 3. The number of fused-ring (bicyclic) bond motifs is 1. The summed E-state index contributed by atoms with van der Waals surface area (Å²) in [5, 5.41) is 0. The van der Waals surface area contributed by atoms with Gasteiger partial charge in [0.25, 0.3) is 0 Å². The Morgan fingerprint density at radius 3 is 2.62 bits per heavy atom. The molecule has 0 radical (unpaired) electrons. The van der Waals surface area contributed by atoms with Crippen LogP contribution in [-0.2, 0) is 10.9 Å². The standard InChI is InChI=1S/C9H9Br2N.BrH/c10-8-5-6-3-1-2-4-7(6)9(8,11)12;/h1-4,8H,5,12H2;1H. The predicted molar refractivity (Wildman–Crippen MR) is 68.0 cm³/mol. The van der Waals surface area contributed by atoms with Crippen LogP contribution in [0.3, 0.4) is 0 Å². The first-order valence-electron chi connectivity index (χ1n) is 3.82. The highest BCUT2D eigenvalue weighted by Crippen LogP contribution is 2.43. The van der Waals surface area contributed by atoms with E-state index in [1.54, 1.807) is 0 Å². The minimum Gasteiger partial charge on any atom is -0.312 e. The van der Waals surface area contributed by atoms with Gasteiger partial charge in [-0.15, -0.1) is 17.0 Å². The molecule has 2 unspecified atom stereocenters. The first-order valence-corrected chi connectivity index (χ1v) is 5.53. The molecule has 0 saturated heterocycles. The average molecular weight is 372 g/mol. The molecule has 1 aliphatic carbocycles. The minimum atomic E-state index is -0.385. The van der Waals surface area contributed by atoms with Gasteiger partial charge < -0.3 is 5.73 Å². The Kier molecular flexibility index (Phi) is 3.60. The minimum absolute atomic E-state index is 0. The van der Waals surface area contributed by atoms with Gasteiger partial charge in [-0.05, 0) is 17.5 Å². The molecule has 0 amide bonds. The lowest BCUT2D eigenvalue weighted by atomic mass is 10.1. The maximum atomic E-state index is 6.10. The topological polar surface area (TPSA) is 26.0 Å². The second-order valence-corrected chi connectivity index (χ2v) is 5.51. The van der Waals surface area contributed by atoms with Gasteiger partial charge in [-0.3, -0.25) is 0 Å². The Morgan fingerprint density at radius 1 is 1.38 bits per heavy atom. The number of rotatable bonds is 0. The summed E-state index contributed by atoms with van der Waals surface area (Å²) in [5.41, 5.74) is 8.64. The molecular formula is C9H10Br3N. The van der Waals surface area contributed by atoms with Crippen molar-refractivity contribution in [2.75, 3.05) is 0 Å². The summed E-state index contributed by atoms with van der Waals surface area (Å²) < 4.78 is -0.385. The van der Waals surface area contributed by atoms with Crippen LogP contribution in [0.1, 0.15) is 11.1 Å². The van der Waals surface area contributed by atoms with Crippen molar-refractivity contribution in [1.82, 2.24) is 0 Å². The summed E-state index contributed by atoms with van der Waals surface area (Å²) in [5.74, 6) is 0. The highest BCUT2D eigenvalue weighted by Gasteiger charge is 2.39. The van der Waals surface area contributed by atoms with Crippen molar-refractivity contribution in [2.24, 2.45) is 5.73 Å². The molecule has 0 saturated carbocycles. The van der Waals surface area contributed by atoms with E-state index < -0.39 is 0 Å². The van der Waals surface area contributed by atoms with Crippen LogP contribution in [0, 0.1) is 0 Å². The zero-order valence-electron chi connectivity index (χ0n) is 6.84. The number of benzene rings is 1. The summed E-state index contributed by atoms with van der Waals surface area (Å²) in [6, 6.07) is 8.27. The molecule has 72 valence electrons. The van der Waals surface area contributed by atoms with Gasteiger partial charge in [-0.1, -0.05) is 56.1 Å².